The van der Waals surface area contributed by atoms with E-state index in [0.29, 0.717) is 26.3 Å². The minimum absolute atomic E-state index is 0.0422. The molecule has 4 nitrogen and oxygen atoms in total. The molecule has 1 atom stereocenters. The summed E-state index contributed by atoms with van der Waals surface area (Å²) >= 11 is 0. The van der Waals surface area contributed by atoms with Crippen molar-refractivity contribution in [2.24, 2.45) is 0 Å². The van der Waals surface area contributed by atoms with Crippen LogP contribution in [0.1, 0.15) is 5.56 Å². The summed E-state index contributed by atoms with van der Waals surface area (Å²) < 4.78 is 49.2. The van der Waals surface area contributed by atoms with Crippen LogP contribution in [0, 0.1) is 0 Å². The number of nitrogens with zero attached hydrogens (tertiary/aromatic N) is 2. The molecule has 106 valence electrons. The van der Waals surface area contributed by atoms with Gasteiger partial charge in [-0.15, -0.1) is 0 Å². The zero-order valence-electron chi connectivity index (χ0n) is 10.5. The molecule has 0 spiro atoms. The van der Waals surface area contributed by atoms with Crippen molar-refractivity contribution < 1.29 is 22.6 Å². The number of anilines is 1. The van der Waals surface area contributed by atoms with Crippen LogP contribution >= 0.6 is 0 Å². The summed E-state index contributed by atoms with van der Waals surface area (Å²) in [6, 6.07) is 2.34. The first-order valence-corrected chi connectivity index (χ1v) is 5.90. The van der Waals surface area contributed by atoms with E-state index in [9.17, 15) is 13.2 Å². The zero-order valence-corrected chi connectivity index (χ0v) is 10.5. The van der Waals surface area contributed by atoms with Crippen LogP contribution in [0.3, 0.4) is 0 Å². The third kappa shape index (κ3) is 3.36. The molecule has 1 aromatic heterocycles. The largest absolute Gasteiger partial charge is 0.419 e. The second kappa shape index (κ2) is 5.75. The molecule has 0 aromatic carbocycles. The smallest absolute Gasteiger partial charge is 0.382 e. The fourth-order valence-corrected chi connectivity index (χ4v) is 2.07. The van der Waals surface area contributed by atoms with Crippen molar-refractivity contribution in [1.82, 2.24) is 4.98 Å². The molecule has 2 rings (SSSR count). The zero-order chi connectivity index (χ0) is 13.9. The van der Waals surface area contributed by atoms with Gasteiger partial charge in [0.1, 0.15) is 5.82 Å². The second-order valence-electron chi connectivity index (χ2n) is 4.27. The van der Waals surface area contributed by atoms with E-state index in [-0.39, 0.29) is 11.9 Å². The molecule has 0 unspecified atom stereocenters. The van der Waals surface area contributed by atoms with Gasteiger partial charge in [-0.2, -0.15) is 13.2 Å². The lowest BCUT2D eigenvalue weighted by atomic mass is 10.2. The van der Waals surface area contributed by atoms with Gasteiger partial charge in [-0.1, -0.05) is 0 Å². The molecule has 0 saturated carbocycles. The highest BCUT2D eigenvalue weighted by Crippen LogP contribution is 2.35. The monoisotopic (exact) mass is 276 g/mol. The fourth-order valence-electron chi connectivity index (χ4n) is 2.07. The van der Waals surface area contributed by atoms with Gasteiger partial charge in [-0.25, -0.2) is 4.98 Å². The van der Waals surface area contributed by atoms with Crippen molar-refractivity contribution in [2.45, 2.75) is 12.3 Å². The number of halogens is 3. The Kier molecular flexibility index (Phi) is 4.26. The number of rotatable bonds is 3. The van der Waals surface area contributed by atoms with Gasteiger partial charge in [-0.05, 0) is 12.1 Å². The van der Waals surface area contributed by atoms with E-state index in [1.54, 1.807) is 4.90 Å². The maximum absolute atomic E-state index is 12.9. The summed E-state index contributed by atoms with van der Waals surface area (Å²) in [6.45, 7) is 1.45. The Morgan fingerprint density at radius 1 is 1.53 bits per heavy atom. The number of methoxy groups -OCH3 is 1. The van der Waals surface area contributed by atoms with Gasteiger partial charge < -0.3 is 14.4 Å². The normalized spacial score (nSPS) is 20.6. The lowest BCUT2D eigenvalue weighted by Gasteiger charge is -2.34. The molecule has 0 amide bonds. The number of ether oxygens (including phenoxy) is 2. The minimum Gasteiger partial charge on any atom is -0.382 e. The van der Waals surface area contributed by atoms with Crippen LogP contribution in [-0.2, 0) is 15.7 Å². The van der Waals surface area contributed by atoms with Crippen molar-refractivity contribution in [2.75, 3.05) is 38.3 Å². The van der Waals surface area contributed by atoms with Crippen LogP contribution in [0.2, 0.25) is 0 Å². The molecular formula is C12H15F3N2O2. The lowest BCUT2D eigenvalue weighted by molar-refractivity contribution is -0.137. The van der Waals surface area contributed by atoms with Gasteiger partial charge in [0.2, 0.25) is 0 Å². The van der Waals surface area contributed by atoms with Crippen LogP contribution in [0.15, 0.2) is 18.3 Å². The van der Waals surface area contributed by atoms with Crippen LogP contribution in [-0.4, -0.2) is 44.5 Å². The van der Waals surface area contributed by atoms with Gasteiger partial charge in [0, 0.05) is 26.4 Å². The molecule has 1 aromatic rings. The highest BCUT2D eigenvalue weighted by atomic mass is 19.4. The highest BCUT2D eigenvalue weighted by Gasteiger charge is 2.36. The molecule has 7 heteroatoms. The van der Waals surface area contributed by atoms with Crippen LogP contribution in [0.4, 0.5) is 19.0 Å². The third-order valence-corrected chi connectivity index (χ3v) is 2.88. The molecule has 1 aliphatic heterocycles. The standard InChI is InChI=1S/C12H15F3N2O2/c1-18-8-9-7-17(5-6-19-9)11-10(12(13,14)15)3-2-4-16-11/h2-4,9H,5-8H2,1H3/t9-/m1/s1. The molecule has 1 aliphatic rings. The van der Waals surface area contributed by atoms with E-state index >= 15 is 0 Å². The molecule has 1 saturated heterocycles. The third-order valence-electron chi connectivity index (χ3n) is 2.88. The highest BCUT2D eigenvalue weighted by molar-refractivity contribution is 5.48. The topological polar surface area (TPSA) is 34.6 Å². The van der Waals surface area contributed by atoms with Crippen molar-refractivity contribution in [1.29, 1.82) is 0 Å². The molecular weight excluding hydrogens is 261 g/mol. The van der Waals surface area contributed by atoms with Crippen LogP contribution < -0.4 is 4.90 Å². The van der Waals surface area contributed by atoms with E-state index in [0.717, 1.165) is 6.07 Å². The predicted molar refractivity (Wildman–Crippen MR) is 63.1 cm³/mol. The van der Waals surface area contributed by atoms with Crippen LogP contribution in [0.5, 0.6) is 0 Å². The number of aromatic nitrogens is 1. The summed E-state index contributed by atoms with van der Waals surface area (Å²) in [5.74, 6) is -0.0422. The van der Waals surface area contributed by atoms with E-state index in [2.05, 4.69) is 4.98 Å². The predicted octanol–water partition coefficient (Wildman–Crippen LogP) is 1.95. The summed E-state index contributed by atoms with van der Waals surface area (Å²) in [6.07, 6.45) is -3.27. The molecule has 2 heterocycles. The van der Waals surface area contributed by atoms with Gasteiger partial charge in [-0.3, -0.25) is 0 Å². The average molecular weight is 276 g/mol. The lowest BCUT2D eigenvalue weighted by Crippen LogP contribution is -2.45. The second-order valence-corrected chi connectivity index (χ2v) is 4.27. The number of hydrogen-bond donors (Lipinski definition) is 0. The Labute approximate surface area is 109 Å². The Balaban J connectivity index is 2.21. The maximum Gasteiger partial charge on any atom is 0.419 e. The number of pyridine rings is 1. The Hall–Kier alpha value is -1.34. The van der Waals surface area contributed by atoms with Gasteiger partial charge in [0.25, 0.3) is 0 Å². The average Bonchev–Trinajstić information content (AvgIpc) is 2.38. The minimum atomic E-state index is -4.40. The summed E-state index contributed by atoms with van der Waals surface area (Å²) in [5.41, 5.74) is -0.715. The molecule has 0 bridgehead atoms. The van der Waals surface area contributed by atoms with Gasteiger partial charge >= 0.3 is 6.18 Å². The molecule has 0 N–H and O–H groups in total. The number of hydrogen-bond acceptors (Lipinski definition) is 4. The molecule has 1 fully saturated rings. The molecule has 0 radical (unpaired) electrons. The number of alkyl halides is 3. The van der Waals surface area contributed by atoms with Crippen molar-refractivity contribution >= 4 is 5.82 Å². The van der Waals surface area contributed by atoms with E-state index < -0.39 is 11.7 Å². The Morgan fingerprint density at radius 2 is 2.32 bits per heavy atom. The van der Waals surface area contributed by atoms with Crippen LogP contribution in [0.25, 0.3) is 0 Å². The van der Waals surface area contributed by atoms with Crippen molar-refractivity contribution in [3.8, 4) is 0 Å². The first-order valence-electron chi connectivity index (χ1n) is 5.90. The van der Waals surface area contributed by atoms with Crippen molar-refractivity contribution in [3.05, 3.63) is 23.9 Å². The summed E-state index contributed by atoms with van der Waals surface area (Å²) in [5, 5.41) is 0. The van der Waals surface area contributed by atoms with E-state index in [4.69, 9.17) is 9.47 Å². The van der Waals surface area contributed by atoms with Gasteiger partial charge in [0.15, 0.2) is 0 Å². The maximum atomic E-state index is 12.9. The Morgan fingerprint density at radius 3 is 3.00 bits per heavy atom. The quantitative estimate of drug-likeness (QED) is 0.845. The first-order chi connectivity index (χ1) is 9.02. The first kappa shape index (κ1) is 14.1. The fraction of sp³-hybridized carbons (Fsp3) is 0.583. The molecule has 0 aliphatic carbocycles. The summed E-state index contributed by atoms with van der Waals surface area (Å²) in [7, 11) is 1.53. The van der Waals surface area contributed by atoms with Crippen molar-refractivity contribution in [3.63, 3.8) is 0 Å². The van der Waals surface area contributed by atoms with Gasteiger partial charge in [0.05, 0.1) is 24.9 Å². The SMILES string of the molecule is COC[C@H]1CN(c2ncccc2C(F)(F)F)CCO1. The number of morpholine rings is 1. The van der Waals surface area contributed by atoms with E-state index in [1.807, 2.05) is 0 Å². The Bertz CT molecular complexity index is 424. The van der Waals surface area contributed by atoms with E-state index in [1.165, 1.54) is 19.4 Å². The molecule has 19 heavy (non-hydrogen) atoms. The summed E-state index contributed by atoms with van der Waals surface area (Å²) in [4.78, 5) is 5.47.